The highest BCUT2D eigenvalue weighted by molar-refractivity contribution is 5.84. The second-order valence-electron chi connectivity index (χ2n) is 6.35. The van der Waals surface area contributed by atoms with E-state index < -0.39 is 41.7 Å². The van der Waals surface area contributed by atoms with Crippen molar-refractivity contribution in [3.8, 4) is 0 Å². The monoisotopic (exact) mass is 311 g/mol. The van der Waals surface area contributed by atoms with Crippen molar-refractivity contribution >= 4 is 12.1 Å². The minimum atomic E-state index is -4.48. The van der Waals surface area contributed by atoms with Crippen molar-refractivity contribution in [2.24, 2.45) is 5.92 Å². The minimum Gasteiger partial charge on any atom is -0.480 e. The molecule has 0 spiro atoms. The molecule has 2 unspecified atom stereocenters. The van der Waals surface area contributed by atoms with Crippen LogP contribution < -0.4 is 5.32 Å². The van der Waals surface area contributed by atoms with E-state index in [0.717, 1.165) is 0 Å². The number of amides is 1. The van der Waals surface area contributed by atoms with E-state index in [-0.39, 0.29) is 19.3 Å². The van der Waals surface area contributed by atoms with Crippen molar-refractivity contribution in [2.45, 2.75) is 63.8 Å². The molecule has 0 aromatic heterocycles. The summed E-state index contributed by atoms with van der Waals surface area (Å²) in [6, 6.07) is 0. The molecule has 1 saturated carbocycles. The van der Waals surface area contributed by atoms with E-state index in [1.807, 2.05) is 0 Å². The molecule has 8 heteroatoms. The fraction of sp³-hybridized carbons (Fsp3) is 0.846. The van der Waals surface area contributed by atoms with Crippen LogP contribution in [0.1, 0.15) is 46.5 Å². The molecule has 0 saturated heterocycles. The van der Waals surface area contributed by atoms with Crippen molar-refractivity contribution in [1.82, 2.24) is 5.32 Å². The van der Waals surface area contributed by atoms with Crippen LogP contribution in [0.5, 0.6) is 0 Å². The zero-order valence-electron chi connectivity index (χ0n) is 12.2. The van der Waals surface area contributed by atoms with E-state index in [0.29, 0.717) is 0 Å². The molecule has 2 atom stereocenters. The van der Waals surface area contributed by atoms with E-state index in [2.05, 4.69) is 5.32 Å². The predicted molar refractivity (Wildman–Crippen MR) is 67.7 cm³/mol. The van der Waals surface area contributed by atoms with Crippen molar-refractivity contribution in [1.29, 1.82) is 0 Å². The number of halogens is 3. The first kappa shape index (κ1) is 17.6. The predicted octanol–water partition coefficient (Wildman–Crippen LogP) is 3.09. The largest absolute Gasteiger partial charge is 0.480 e. The molecule has 1 aliphatic carbocycles. The lowest BCUT2D eigenvalue weighted by atomic mass is 9.75. The van der Waals surface area contributed by atoms with Gasteiger partial charge in [0.15, 0.2) is 0 Å². The molecule has 5 nitrogen and oxygen atoms in total. The summed E-state index contributed by atoms with van der Waals surface area (Å²) in [7, 11) is 0. The van der Waals surface area contributed by atoms with E-state index in [1.165, 1.54) is 0 Å². The van der Waals surface area contributed by atoms with Crippen LogP contribution in [0.2, 0.25) is 0 Å². The van der Waals surface area contributed by atoms with Gasteiger partial charge >= 0.3 is 18.2 Å². The molecule has 122 valence electrons. The minimum absolute atomic E-state index is 0.0475. The SMILES string of the molecule is CC(C)(C)OC(=O)NC1(C(=O)O)CCCC(C(F)(F)F)C1. The lowest BCUT2D eigenvalue weighted by molar-refractivity contribution is -0.191. The lowest BCUT2D eigenvalue weighted by Crippen LogP contribution is -2.59. The normalized spacial score (nSPS) is 27.0. The van der Waals surface area contributed by atoms with Crippen molar-refractivity contribution in [3.05, 3.63) is 0 Å². The summed E-state index contributed by atoms with van der Waals surface area (Å²) in [5.74, 6) is -3.21. The van der Waals surface area contributed by atoms with Crippen LogP contribution in [-0.2, 0) is 9.53 Å². The molecule has 1 rings (SSSR count). The first-order chi connectivity index (χ1) is 9.36. The third kappa shape index (κ3) is 4.78. The van der Waals surface area contributed by atoms with E-state index in [1.54, 1.807) is 20.8 Å². The van der Waals surface area contributed by atoms with Gasteiger partial charge in [0.05, 0.1) is 5.92 Å². The van der Waals surface area contributed by atoms with Gasteiger partial charge in [-0.15, -0.1) is 0 Å². The molecule has 21 heavy (non-hydrogen) atoms. The topological polar surface area (TPSA) is 75.6 Å². The van der Waals surface area contributed by atoms with Crippen molar-refractivity contribution in [2.75, 3.05) is 0 Å². The van der Waals surface area contributed by atoms with E-state index in [9.17, 15) is 27.9 Å². The average Bonchev–Trinajstić information content (AvgIpc) is 2.24. The summed E-state index contributed by atoms with van der Waals surface area (Å²) in [6.07, 6.45) is -6.27. The average molecular weight is 311 g/mol. The highest BCUT2D eigenvalue weighted by atomic mass is 19.4. The Morgan fingerprint density at radius 2 is 1.86 bits per heavy atom. The Morgan fingerprint density at radius 1 is 1.29 bits per heavy atom. The molecule has 2 N–H and O–H groups in total. The number of hydrogen-bond donors (Lipinski definition) is 2. The zero-order chi connectivity index (χ0) is 16.5. The molecule has 0 aromatic rings. The van der Waals surface area contributed by atoms with Gasteiger partial charge < -0.3 is 15.2 Å². The Labute approximate surface area is 120 Å². The Bertz CT molecular complexity index is 417. The number of hydrogen-bond acceptors (Lipinski definition) is 3. The number of carboxylic acids is 1. The standard InChI is InChI=1S/C13H20F3NO4/c1-11(2,3)21-10(20)17-12(9(18)19)6-4-5-8(7-12)13(14,15)16/h8H,4-7H2,1-3H3,(H,17,20)(H,18,19). The van der Waals surface area contributed by atoms with Gasteiger partial charge in [-0.1, -0.05) is 0 Å². The maximum atomic E-state index is 12.8. The summed E-state index contributed by atoms with van der Waals surface area (Å²) < 4.78 is 43.4. The number of carbonyl (C=O) groups is 2. The second-order valence-corrected chi connectivity index (χ2v) is 6.35. The lowest BCUT2D eigenvalue weighted by Gasteiger charge is -2.38. The molecule has 1 fully saturated rings. The number of alkyl halides is 3. The molecular formula is C13H20F3NO4. The van der Waals surface area contributed by atoms with Gasteiger partial charge in [0.25, 0.3) is 0 Å². The zero-order valence-corrected chi connectivity index (χ0v) is 12.2. The van der Waals surface area contributed by atoms with E-state index >= 15 is 0 Å². The van der Waals surface area contributed by atoms with Gasteiger partial charge in [0.2, 0.25) is 0 Å². The van der Waals surface area contributed by atoms with Crippen LogP contribution in [0.15, 0.2) is 0 Å². The molecule has 1 aliphatic rings. The third-order valence-corrected chi connectivity index (χ3v) is 3.36. The number of rotatable bonds is 2. The van der Waals surface area contributed by atoms with Crippen LogP contribution in [0.3, 0.4) is 0 Å². The maximum absolute atomic E-state index is 12.8. The summed E-state index contributed by atoms with van der Waals surface area (Å²) in [5, 5.41) is 11.4. The number of nitrogens with one attached hydrogen (secondary N) is 1. The van der Waals surface area contributed by atoms with Gasteiger partial charge in [-0.25, -0.2) is 9.59 Å². The van der Waals surface area contributed by atoms with E-state index in [4.69, 9.17) is 4.74 Å². The first-order valence-electron chi connectivity index (χ1n) is 6.67. The second kappa shape index (κ2) is 5.73. The summed E-state index contributed by atoms with van der Waals surface area (Å²) >= 11 is 0. The number of alkyl carbamates (subject to hydrolysis) is 1. The van der Waals surface area contributed by atoms with Crippen molar-refractivity contribution in [3.63, 3.8) is 0 Å². The number of ether oxygens (including phenoxy) is 1. The fourth-order valence-corrected chi connectivity index (χ4v) is 2.41. The van der Waals surface area contributed by atoms with Crippen LogP contribution in [0.4, 0.5) is 18.0 Å². The Balaban J connectivity index is 2.89. The smallest absolute Gasteiger partial charge is 0.408 e. The van der Waals surface area contributed by atoms with Crippen LogP contribution in [0.25, 0.3) is 0 Å². The molecule has 0 bridgehead atoms. The Kier molecular flexibility index (Phi) is 4.80. The maximum Gasteiger partial charge on any atom is 0.408 e. The van der Waals surface area contributed by atoms with Crippen LogP contribution in [-0.4, -0.2) is 34.5 Å². The fourth-order valence-electron chi connectivity index (χ4n) is 2.41. The molecule has 0 aliphatic heterocycles. The molecular weight excluding hydrogens is 291 g/mol. The molecule has 0 radical (unpaired) electrons. The Hall–Kier alpha value is -1.47. The first-order valence-corrected chi connectivity index (χ1v) is 6.67. The molecule has 0 aromatic carbocycles. The molecule has 0 heterocycles. The highest BCUT2D eigenvalue weighted by Crippen LogP contribution is 2.42. The Morgan fingerprint density at radius 3 is 2.29 bits per heavy atom. The number of carboxylic acid groups (broad SMARTS) is 1. The molecule has 1 amide bonds. The number of aliphatic carboxylic acids is 1. The van der Waals surface area contributed by atoms with Crippen LogP contribution >= 0.6 is 0 Å². The number of carbonyl (C=O) groups excluding carboxylic acids is 1. The third-order valence-electron chi connectivity index (χ3n) is 3.36. The highest BCUT2D eigenvalue weighted by Gasteiger charge is 2.52. The summed E-state index contributed by atoms with van der Waals surface area (Å²) in [5.41, 5.74) is -2.79. The summed E-state index contributed by atoms with van der Waals surface area (Å²) in [4.78, 5) is 23.1. The summed E-state index contributed by atoms with van der Waals surface area (Å²) in [6.45, 7) is 4.75. The van der Waals surface area contributed by atoms with Gasteiger partial charge in [-0.05, 0) is 46.5 Å². The van der Waals surface area contributed by atoms with Crippen molar-refractivity contribution < 1.29 is 32.6 Å². The van der Waals surface area contributed by atoms with Gasteiger partial charge in [-0.2, -0.15) is 13.2 Å². The van der Waals surface area contributed by atoms with Gasteiger partial charge in [0.1, 0.15) is 11.1 Å². The van der Waals surface area contributed by atoms with Gasteiger partial charge in [0, 0.05) is 0 Å². The van der Waals surface area contributed by atoms with Crippen LogP contribution in [0, 0.1) is 5.92 Å². The van der Waals surface area contributed by atoms with Gasteiger partial charge in [-0.3, -0.25) is 0 Å². The quantitative estimate of drug-likeness (QED) is 0.821.